The number of halogens is 1. The van der Waals surface area contributed by atoms with Crippen molar-refractivity contribution in [1.82, 2.24) is 20.6 Å². The number of hydrogen-bond acceptors (Lipinski definition) is 3. The predicted octanol–water partition coefficient (Wildman–Crippen LogP) is 2.57. The number of aryl methyl sites for hydroxylation is 1. The lowest BCUT2D eigenvalue weighted by atomic mass is 10.2. The van der Waals surface area contributed by atoms with E-state index in [1.54, 1.807) is 30.6 Å². The summed E-state index contributed by atoms with van der Waals surface area (Å²) in [5.41, 5.74) is 0.832. The molecule has 1 aromatic heterocycles. The zero-order valence-electron chi connectivity index (χ0n) is 13.4. The largest absolute Gasteiger partial charge is 0.352 e. The lowest BCUT2D eigenvalue weighted by Crippen LogP contribution is -2.30. The maximum Gasteiger partial charge on any atom is 0.319 e. The number of anilines is 1. The molecule has 3 amide bonds. The second-order valence-corrected chi connectivity index (χ2v) is 5.48. The summed E-state index contributed by atoms with van der Waals surface area (Å²) in [6.45, 7) is 2.84. The average molecular weight is 350 g/mol. The molecule has 24 heavy (non-hydrogen) atoms. The zero-order valence-corrected chi connectivity index (χ0v) is 14.1. The van der Waals surface area contributed by atoms with Crippen molar-refractivity contribution in [1.29, 1.82) is 0 Å². The van der Waals surface area contributed by atoms with Gasteiger partial charge in [0.25, 0.3) is 5.91 Å². The molecule has 8 heteroatoms. The lowest BCUT2D eigenvalue weighted by Gasteiger charge is -2.10. The number of nitrogens with one attached hydrogen (secondary N) is 4. The van der Waals surface area contributed by atoms with Gasteiger partial charge in [0, 0.05) is 37.6 Å². The molecule has 0 fully saturated rings. The van der Waals surface area contributed by atoms with Gasteiger partial charge in [-0.1, -0.05) is 11.6 Å². The van der Waals surface area contributed by atoms with E-state index >= 15 is 0 Å². The van der Waals surface area contributed by atoms with Crippen molar-refractivity contribution in [2.75, 3.05) is 18.4 Å². The number of nitrogens with zero attached hydrogens (tertiary/aromatic N) is 1. The highest BCUT2D eigenvalue weighted by atomic mass is 35.5. The molecule has 0 spiro atoms. The average Bonchev–Trinajstić information content (AvgIpc) is 3.07. The quantitative estimate of drug-likeness (QED) is 0.578. The number of carbonyl (C=O) groups is 2. The second-order valence-electron chi connectivity index (χ2n) is 5.07. The Hall–Kier alpha value is -2.54. The van der Waals surface area contributed by atoms with Crippen LogP contribution in [0.15, 0.2) is 30.6 Å². The molecular weight excluding hydrogens is 330 g/mol. The highest BCUT2D eigenvalue weighted by Gasteiger charge is 2.11. The fourth-order valence-electron chi connectivity index (χ4n) is 2.10. The van der Waals surface area contributed by atoms with Crippen molar-refractivity contribution in [2.24, 2.45) is 0 Å². The Kier molecular flexibility index (Phi) is 6.62. The van der Waals surface area contributed by atoms with Crippen LogP contribution in [0.3, 0.4) is 0 Å². The fraction of sp³-hybridized carbons (Fsp3) is 0.312. The summed E-state index contributed by atoms with van der Waals surface area (Å²) in [7, 11) is 0. The van der Waals surface area contributed by atoms with Crippen LogP contribution in [-0.2, 0) is 6.42 Å². The Balaban J connectivity index is 1.82. The monoisotopic (exact) mass is 349 g/mol. The van der Waals surface area contributed by atoms with Crippen molar-refractivity contribution in [2.45, 2.75) is 19.8 Å². The van der Waals surface area contributed by atoms with Gasteiger partial charge in [-0.15, -0.1) is 0 Å². The number of hydrogen-bond donors (Lipinski definition) is 4. The van der Waals surface area contributed by atoms with Gasteiger partial charge in [0.05, 0.1) is 10.6 Å². The summed E-state index contributed by atoms with van der Waals surface area (Å²) in [6.07, 6.45) is 4.99. The Morgan fingerprint density at radius 3 is 2.83 bits per heavy atom. The van der Waals surface area contributed by atoms with E-state index in [-0.39, 0.29) is 11.9 Å². The summed E-state index contributed by atoms with van der Waals surface area (Å²) >= 11 is 6.02. The summed E-state index contributed by atoms with van der Waals surface area (Å²) in [5.74, 6) is 0.617. The number of H-pyrrole nitrogens is 1. The summed E-state index contributed by atoms with van der Waals surface area (Å²) in [5, 5.41) is 8.46. The van der Waals surface area contributed by atoms with Crippen LogP contribution in [0.25, 0.3) is 0 Å². The van der Waals surface area contributed by atoms with Gasteiger partial charge in [-0.05, 0) is 31.5 Å². The Labute approximate surface area is 145 Å². The third kappa shape index (κ3) is 5.27. The van der Waals surface area contributed by atoms with Crippen LogP contribution in [0.1, 0.15) is 29.5 Å². The van der Waals surface area contributed by atoms with Gasteiger partial charge in [-0.2, -0.15) is 0 Å². The van der Waals surface area contributed by atoms with Gasteiger partial charge in [-0.25, -0.2) is 9.78 Å². The molecule has 0 aliphatic heterocycles. The number of imidazole rings is 1. The fourth-order valence-corrected chi connectivity index (χ4v) is 2.30. The first-order valence-electron chi connectivity index (χ1n) is 7.71. The molecule has 128 valence electrons. The van der Waals surface area contributed by atoms with E-state index in [1.165, 1.54) is 0 Å². The van der Waals surface area contributed by atoms with Crippen molar-refractivity contribution >= 4 is 29.2 Å². The maximum atomic E-state index is 11.9. The number of rotatable bonds is 7. The predicted molar refractivity (Wildman–Crippen MR) is 93.4 cm³/mol. The Bertz CT molecular complexity index is 688. The first-order valence-corrected chi connectivity index (χ1v) is 8.08. The molecule has 0 saturated heterocycles. The van der Waals surface area contributed by atoms with Crippen molar-refractivity contribution in [3.05, 3.63) is 47.0 Å². The minimum Gasteiger partial charge on any atom is -0.352 e. The number of urea groups is 1. The van der Waals surface area contributed by atoms with Crippen LogP contribution in [0, 0.1) is 0 Å². The molecule has 1 heterocycles. The molecule has 1 aromatic carbocycles. The van der Waals surface area contributed by atoms with E-state index in [4.69, 9.17) is 11.6 Å². The molecule has 0 unspecified atom stereocenters. The lowest BCUT2D eigenvalue weighted by molar-refractivity contribution is 0.0956. The van der Waals surface area contributed by atoms with Crippen LogP contribution in [0.4, 0.5) is 10.5 Å². The molecule has 0 atom stereocenters. The van der Waals surface area contributed by atoms with Crippen LogP contribution in [0.2, 0.25) is 5.02 Å². The molecule has 7 nitrogen and oxygen atoms in total. The molecule has 4 N–H and O–H groups in total. The Morgan fingerprint density at radius 2 is 2.12 bits per heavy atom. The third-order valence-corrected chi connectivity index (χ3v) is 3.57. The van der Waals surface area contributed by atoms with E-state index < -0.39 is 0 Å². The van der Waals surface area contributed by atoms with Crippen molar-refractivity contribution in [3.63, 3.8) is 0 Å². The SMILES string of the molecule is CCNC(=O)c1cc(NC(=O)NCCCc2ncc[nH]2)ccc1Cl. The van der Waals surface area contributed by atoms with Crippen LogP contribution in [0.5, 0.6) is 0 Å². The summed E-state index contributed by atoms with van der Waals surface area (Å²) < 4.78 is 0. The summed E-state index contributed by atoms with van der Waals surface area (Å²) in [6, 6.07) is 4.45. The van der Waals surface area contributed by atoms with Crippen molar-refractivity contribution < 1.29 is 9.59 Å². The first kappa shape index (κ1) is 17.8. The minimum atomic E-state index is -0.335. The minimum absolute atomic E-state index is 0.273. The van der Waals surface area contributed by atoms with Gasteiger partial charge in [0.1, 0.15) is 5.82 Å². The van der Waals surface area contributed by atoms with Crippen LogP contribution < -0.4 is 16.0 Å². The molecule has 0 radical (unpaired) electrons. The Morgan fingerprint density at radius 1 is 1.29 bits per heavy atom. The number of amides is 3. The van der Waals surface area contributed by atoms with Gasteiger partial charge in [0.2, 0.25) is 0 Å². The van der Waals surface area contributed by atoms with Crippen LogP contribution in [-0.4, -0.2) is 35.0 Å². The smallest absolute Gasteiger partial charge is 0.319 e. The zero-order chi connectivity index (χ0) is 17.4. The van der Waals surface area contributed by atoms with Gasteiger partial charge < -0.3 is 20.9 Å². The van der Waals surface area contributed by atoms with Crippen molar-refractivity contribution in [3.8, 4) is 0 Å². The molecular formula is C16H20ClN5O2. The van der Waals surface area contributed by atoms with Gasteiger partial charge >= 0.3 is 6.03 Å². The number of aromatic amines is 1. The van der Waals surface area contributed by atoms with Crippen LogP contribution >= 0.6 is 11.6 Å². The molecule has 0 aliphatic rings. The van der Waals surface area contributed by atoms with E-state index in [1.807, 2.05) is 6.92 Å². The highest BCUT2D eigenvalue weighted by molar-refractivity contribution is 6.34. The molecule has 2 aromatic rings. The van der Waals surface area contributed by atoms with E-state index in [0.717, 1.165) is 18.7 Å². The normalized spacial score (nSPS) is 10.2. The van der Waals surface area contributed by atoms with Gasteiger partial charge in [0.15, 0.2) is 0 Å². The second kappa shape index (κ2) is 8.93. The van der Waals surface area contributed by atoms with E-state index in [2.05, 4.69) is 25.9 Å². The topological polar surface area (TPSA) is 98.9 Å². The first-order chi connectivity index (χ1) is 11.6. The number of aromatic nitrogens is 2. The maximum absolute atomic E-state index is 11.9. The third-order valence-electron chi connectivity index (χ3n) is 3.24. The highest BCUT2D eigenvalue weighted by Crippen LogP contribution is 2.20. The van der Waals surface area contributed by atoms with E-state index in [0.29, 0.717) is 29.4 Å². The molecule has 2 rings (SSSR count). The number of benzene rings is 1. The summed E-state index contributed by atoms with van der Waals surface area (Å²) in [4.78, 5) is 30.9. The molecule has 0 bridgehead atoms. The molecule has 0 saturated carbocycles. The molecule has 0 aliphatic carbocycles. The standard InChI is InChI=1S/C16H20ClN5O2/c1-2-18-15(23)12-10-11(5-6-13(12)17)22-16(24)21-7-3-4-14-19-8-9-20-14/h5-6,8-10H,2-4,7H2,1H3,(H,18,23)(H,19,20)(H2,21,22,24). The number of carbonyl (C=O) groups excluding carboxylic acids is 2. The van der Waals surface area contributed by atoms with E-state index in [9.17, 15) is 9.59 Å². The van der Waals surface area contributed by atoms with Gasteiger partial charge in [-0.3, -0.25) is 4.79 Å².